The smallest absolute Gasteiger partial charge is 0.337 e. The van der Waals surface area contributed by atoms with E-state index in [1.165, 1.54) is 25.3 Å². The van der Waals surface area contributed by atoms with Crippen molar-refractivity contribution in [3.63, 3.8) is 0 Å². The molecule has 8 heteroatoms. The zero-order valence-corrected chi connectivity index (χ0v) is 19.0. The van der Waals surface area contributed by atoms with Crippen LogP contribution in [0.15, 0.2) is 72.3 Å². The first kappa shape index (κ1) is 23.9. The Hall–Kier alpha value is -3.79. The van der Waals surface area contributed by atoms with Crippen LogP contribution in [0.4, 0.5) is 5.69 Å². The predicted molar refractivity (Wildman–Crippen MR) is 127 cm³/mol. The minimum Gasteiger partial charge on any atom is -0.489 e. The molecule has 0 radical (unpaired) electrons. The number of amides is 1. The standard InChI is InChI=1S/C25H18Cl2N2O4/c1-32-25(31)17-6-9-21(10-7-17)29-24(30)19(14-28)11-16-3-2-4-22(12-16)33-15-18-5-8-20(26)13-23(18)27/h2-13H,15H2,1H3,(H,29,30)/b19-11-. The van der Waals surface area contributed by atoms with E-state index in [9.17, 15) is 14.9 Å². The van der Waals surface area contributed by atoms with E-state index in [4.69, 9.17) is 27.9 Å². The summed E-state index contributed by atoms with van der Waals surface area (Å²) in [5.74, 6) is -0.514. The number of rotatable bonds is 7. The molecule has 3 aromatic carbocycles. The lowest BCUT2D eigenvalue weighted by Crippen LogP contribution is -2.13. The van der Waals surface area contributed by atoms with Gasteiger partial charge in [0.1, 0.15) is 24.0 Å². The maximum absolute atomic E-state index is 12.5. The Morgan fingerprint density at radius 2 is 1.82 bits per heavy atom. The number of hydrogen-bond donors (Lipinski definition) is 1. The van der Waals surface area contributed by atoms with Gasteiger partial charge in [-0.15, -0.1) is 0 Å². The van der Waals surface area contributed by atoms with Gasteiger partial charge >= 0.3 is 5.97 Å². The van der Waals surface area contributed by atoms with Gasteiger partial charge in [-0.2, -0.15) is 5.26 Å². The van der Waals surface area contributed by atoms with Gasteiger partial charge < -0.3 is 14.8 Å². The molecule has 1 amide bonds. The van der Waals surface area contributed by atoms with E-state index in [-0.39, 0.29) is 12.2 Å². The van der Waals surface area contributed by atoms with Crippen molar-refractivity contribution in [2.75, 3.05) is 12.4 Å². The topological polar surface area (TPSA) is 88.4 Å². The second kappa shape index (κ2) is 11.2. The molecule has 0 heterocycles. The zero-order chi connectivity index (χ0) is 23.8. The fourth-order valence-electron chi connectivity index (χ4n) is 2.82. The molecule has 33 heavy (non-hydrogen) atoms. The molecular formula is C25H18Cl2N2O4. The van der Waals surface area contributed by atoms with Crippen LogP contribution in [0.25, 0.3) is 6.08 Å². The van der Waals surface area contributed by atoms with Gasteiger partial charge in [-0.1, -0.05) is 41.4 Å². The van der Waals surface area contributed by atoms with E-state index in [0.717, 1.165) is 5.56 Å². The Labute approximate surface area is 201 Å². The number of esters is 1. The van der Waals surface area contributed by atoms with Crippen molar-refractivity contribution in [2.45, 2.75) is 6.61 Å². The lowest BCUT2D eigenvalue weighted by molar-refractivity contribution is -0.112. The average Bonchev–Trinajstić information content (AvgIpc) is 2.82. The molecule has 0 aliphatic rings. The Morgan fingerprint density at radius 1 is 1.06 bits per heavy atom. The number of hydrogen-bond acceptors (Lipinski definition) is 5. The van der Waals surface area contributed by atoms with Gasteiger partial charge in [-0.3, -0.25) is 4.79 Å². The highest BCUT2D eigenvalue weighted by molar-refractivity contribution is 6.35. The second-order valence-electron chi connectivity index (χ2n) is 6.79. The summed E-state index contributed by atoms with van der Waals surface area (Å²) in [7, 11) is 1.29. The summed E-state index contributed by atoms with van der Waals surface area (Å²) >= 11 is 12.1. The van der Waals surface area contributed by atoms with Crippen LogP contribution in [-0.4, -0.2) is 19.0 Å². The largest absolute Gasteiger partial charge is 0.489 e. The van der Waals surface area contributed by atoms with Crippen molar-refractivity contribution in [3.05, 3.63) is 99.0 Å². The lowest BCUT2D eigenvalue weighted by Gasteiger charge is -2.09. The summed E-state index contributed by atoms with van der Waals surface area (Å²) < 4.78 is 10.4. The van der Waals surface area contributed by atoms with Crippen LogP contribution >= 0.6 is 23.2 Å². The van der Waals surface area contributed by atoms with Crippen LogP contribution in [0, 0.1) is 11.3 Å². The summed E-state index contributed by atoms with van der Waals surface area (Å²) in [5, 5.41) is 13.1. The Kier molecular flexibility index (Phi) is 8.09. The van der Waals surface area contributed by atoms with Gasteiger partial charge in [-0.05, 0) is 60.2 Å². The number of nitrogens with one attached hydrogen (secondary N) is 1. The maximum atomic E-state index is 12.5. The molecule has 6 nitrogen and oxygen atoms in total. The molecule has 0 aliphatic carbocycles. The summed E-state index contributed by atoms with van der Waals surface area (Å²) in [6.45, 7) is 0.232. The molecule has 0 spiro atoms. The van der Waals surface area contributed by atoms with Gasteiger partial charge in [0.15, 0.2) is 0 Å². The van der Waals surface area contributed by atoms with Crippen molar-refractivity contribution in [2.24, 2.45) is 0 Å². The normalized spacial score (nSPS) is 10.8. The van der Waals surface area contributed by atoms with E-state index < -0.39 is 11.9 Å². The van der Waals surface area contributed by atoms with E-state index in [1.54, 1.807) is 54.6 Å². The van der Waals surface area contributed by atoms with Crippen molar-refractivity contribution >= 4 is 46.8 Å². The SMILES string of the molecule is COC(=O)c1ccc(NC(=O)/C(C#N)=C\c2cccc(OCc3ccc(Cl)cc3Cl)c2)cc1. The number of carbonyl (C=O) groups excluding carboxylic acids is 2. The van der Waals surface area contributed by atoms with Crippen molar-refractivity contribution in [1.29, 1.82) is 5.26 Å². The second-order valence-corrected chi connectivity index (χ2v) is 7.63. The summed E-state index contributed by atoms with van der Waals surface area (Å²) in [5.41, 5.74) is 2.08. The highest BCUT2D eigenvalue weighted by Crippen LogP contribution is 2.23. The van der Waals surface area contributed by atoms with Crippen molar-refractivity contribution < 1.29 is 19.1 Å². The summed E-state index contributed by atoms with van der Waals surface area (Å²) in [4.78, 5) is 24.0. The lowest BCUT2D eigenvalue weighted by atomic mass is 10.1. The minimum absolute atomic E-state index is 0.0926. The van der Waals surface area contributed by atoms with E-state index in [0.29, 0.717) is 32.6 Å². The van der Waals surface area contributed by atoms with Crippen LogP contribution < -0.4 is 10.1 Å². The molecule has 0 bridgehead atoms. The molecule has 3 aromatic rings. The molecule has 0 saturated carbocycles. The molecule has 166 valence electrons. The number of ether oxygens (including phenoxy) is 2. The van der Waals surface area contributed by atoms with Gasteiger partial charge in [0.05, 0.1) is 12.7 Å². The first-order chi connectivity index (χ1) is 15.9. The predicted octanol–water partition coefficient (Wildman–Crippen LogP) is 5.90. The van der Waals surface area contributed by atoms with E-state index in [2.05, 4.69) is 10.1 Å². The van der Waals surface area contributed by atoms with Gasteiger partial charge in [-0.25, -0.2) is 4.79 Å². The van der Waals surface area contributed by atoms with E-state index in [1.807, 2.05) is 6.07 Å². The van der Waals surface area contributed by atoms with Crippen LogP contribution in [0.5, 0.6) is 5.75 Å². The van der Waals surface area contributed by atoms with E-state index >= 15 is 0 Å². The molecule has 0 aromatic heterocycles. The number of carbonyl (C=O) groups is 2. The summed E-state index contributed by atoms with van der Waals surface area (Å²) in [6, 6.07) is 20.2. The van der Waals surface area contributed by atoms with Gasteiger partial charge in [0.25, 0.3) is 5.91 Å². The Balaban J connectivity index is 1.69. The van der Waals surface area contributed by atoms with Crippen molar-refractivity contribution in [1.82, 2.24) is 0 Å². The highest BCUT2D eigenvalue weighted by Gasteiger charge is 2.11. The minimum atomic E-state index is -0.581. The third-order valence-corrected chi connectivity index (χ3v) is 5.09. The molecular weight excluding hydrogens is 463 g/mol. The first-order valence-corrected chi connectivity index (χ1v) is 10.4. The number of methoxy groups -OCH3 is 1. The quantitative estimate of drug-likeness (QED) is 0.258. The summed E-state index contributed by atoms with van der Waals surface area (Å²) in [6.07, 6.45) is 1.46. The zero-order valence-electron chi connectivity index (χ0n) is 17.5. The Morgan fingerprint density at radius 3 is 2.48 bits per heavy atom. The molecule has 3 rings (SSSR count). The number of nitrogens with zero attached hydrogens (tertiary/aromatic N) is 1. The molecule has 1 N–H and O–H groups in total. The van der Waals surface area contributed by atoms with Crippen molar-refractivity contribution in [3.8, 4) is 11.8 Å². The van der Waals surface area contributed by atoms with Crippen LogP contribution in [0.2, 0.25) is 10.0 Å². The third kappa shape index (κ3) is 6.59. The fourth-order valence-corrected chi connectivity index (χ4v) is 3.28. The number of anilines is 1. The van der Waals surface area contributed by atoms with Crippen LogP contribution in [0.1, 0.15) is 21.5 Å². The maximum Gasteiger partial charge on any atom is 0.337 e. The third-order valence-electron chi connectivity index (χ3n) is 4.51. The van der Waals surface area contributed by atoms with Crippen LogP contribution in [0.3, 0.4) is 0 Å². The first-order valence-electron chi connectivity index (χ1n) is 9.68. The monoisotopic (exact) mass is 480 g/mol. The van der Waals surface area contributed by atoms with Gasteiger partial charge in [0.2, 0.25) is 0 Å². The molecule has 0 unspecified atom stereocenters. The highest BCUT2D eigenvalue weighted by atomic mass is 35.5. The molecule has 0 fully saturated rings. The molecule has 0 aliphatic heterocycles. The number of halogens is 2. The Bertz CT molecular complexity index is 1250. The van der Waals surface area contributed by atoms with Crippen LogP contribution in [-0.2, 0) is 16.1 Å². The average molecular weight is 481 g/mol. The molecule has 0 saturated heterocycles. The van der Waals surface area contributed by atoms with Gasteiger partial charge in [0, 0.05) is 21.3 Å². The number of nitriles is 1. The fraction of sp³-hybridized carbons (Fsp3) is 0.0800. The number of benzene rings is 3. The molecule has 0 atom stereocenters.